The van der Waals surface area contributed by atoms with Crippen LogP contribution in [0, 0.1) is 0 Å². The Labute approximate surface area is 216 Å². The molecule has 0 aliphatic carbocycles. The third-order valence-corrected chi connectivity index (χ3v) is 6.53. The van der Waals surface area contributed by atoms with Crippen molar-refractivity contribution in [2.75, 3.05) is 20.2 Å². The number of furan rings is 1. The minimum Gasteiger partial charge on any atom is -0.497 e. The van der Waals surface area contributed by atoms with Crippen LogP contribution in [0.25, 0.3) is 22.1 Å². The first-order valence-corrected chi connectivity index (χ1v) is 12.4. The Bertz CT molecular complexity index is 1400. The molecule has 37 heavy (non-hydrogen) atoms. The van der Waals surface area contributed by atoms with E-state index >= 15 is 0 Å². The van der Waals surface area contributed by atoms with E-state index in [0.29, 0.717) is 36.5 Å². The Morgan fingerprint density at radius 2 is 1.68 bits per heavy atom. The number of benzene rings is 3. The number of nitrogens with one attached hydrogen (secondary N) is 1. The van der Waals surface area contributed by atoms with Crippen molar-refractivity contribution >= 4 is 22.8 Å². The summed E-state index contributed by atoms with van der Waals surface area (Å²) >= 11 is 0. The van der Waals surface area contributed by atoms with Gasteiger partial charge in [-0.3, -0.25) is 9.59 Å². The van der Waals surface area contributed by atoms with Gasteiger partial charge < -0.3 is 24.1 Å². The molecule has 2 atom stereocenters. The fourth-order valence-corrected chi connectivity index (χ4v) is 4.81. The molecule has 0 bridgehead atoms. The number of morpholine rings is 1. The molecular formula is C30H30N2O5. The summed E-state index contributed by atoms with van der Waals surface area (Å²) in [6.45, 7) is 5.41. The van der Waals surface area contributed by atoms with E-state index in [2.05, 4.69) is 5.32 Å². The number of hydrogen-bond donors (Lipinski definition) is 1. The average Bonchev–Trinajstić information content (AvgIpc) is 3.30. The van der Waals surface area contributed by atoms with E-state index in [9.17, 15) is 9.59 Å². The van der Waals surface area contributed by atoms with Gasteiger partial charge in [0.15, 0.2) is 0 Å². The highest BCUT2D eigenvalue weighted by atomic mass is 16.5. The molecule has 7 heteroatoms. The average molecular weight is 499 g/mol. The van der Waals surface area contributed by atoms with Crippen LogP contribution in [0.4, 0.5) is 0 Å². The smallest absolute Gasteiger partial charge is 0.287 e. The predicted molar refractivity (Wildman–Crippen MR) is 142 cm³/mol. The summed E-state index contributed by atoms with van der Waals surface area (Å²) in [4.78, 5) is 28.0. The van der Waals surface area contributed by atoms with E-state index in [4.69, 9.17) is 13.9 Å². The maximum atomic E-state index is 13.3. The van der Waals surface area contributed by atoms with E-state index in [0.717, 1.165) is 22.1 Å². The highest BCUT2D eigenvalue weighted by Crippen LogP contribution is 2.36. The third kappa shape index (κ3) is 5.22. The van der Waals surface area contributed by atoms with Crippen LogP contribution in [0.1, 0.15) is 40.3 Å². The first-order chi connectivity index (χ1) is 17.9. The van der Waals surface area contributed by atoms with Crippen LogP contribution >= 0.6 is 0 Å². The molecule has 1 N–H and O–H groups in total. The zero-order valence-electron chi connectivity index (χ0n) is 21.2. The molecule has 0 saturated carbocycles. The Morgan fingerprint density at radius 3 is 2.35 bits per heavy atom. The lowest BCUT2D eigenvalue weighted by Crippen LogP contribution is -2.48. The number of amides is 2. The summed E-state index contributed by atoms with van der Waals surface area (Å²) in [5.74, 6) is 0.577. The van der Waals surface area contributed by atoms with Crippen molar-refractivity contribution in [3.05, 3.63) is 89.7 Å². The lowest BCUT2D eigenvalue weighted by molar-refractivity contribution is -0.0586. The fraction of sp³-hybridized carbons (Fsp3) is 0.267. The lowest BCUT2D eigenvalue weighted by Gasteiger charge is -2.35. The van der Waals surface area contributed by atoms with Gasteiger partial charge in [-0.15, -0.1) is 0 Å². The molecule has 2 unspecified atom stereocenters. The first-order valence-electron chi connectivity index (χ1n) is 12.4. The Hall–Kier alpha value is -4.10. The van der Waals surface area contributed by atoms with Gasteiger partial charge in [0, 0.05) is 42.2 Å². The molecule has 1 fully saturated rings. The topological polar surface area (TPSA) is 81.0 Å². The number of carbonyl (C=O) groups is 2. The van der Waals surface area contributed by atoms with Gasteiger partial charge >= 0.3 is 0 Å². The summed E-state index contributed by atoms with van der Waals surface area (Å²) < 4.78 is 17.1. The largest absolute Gasteiger partial charge is 0.497 e. The van der Waals surface area contributed by atoms with E-state index < -0.39 is 0 Å². The van der Waals surface area contributed by atoms with Gasteiger partial charge in [-0.05, 0) is 49.2 Å². The van der Waals surface area contributed by atoms with Crippen LogP contribution in [0.5, 0.6) is 5.75 Å². The predicted octanol–water partition coefficient (Wildman–Crippen LogP) is 5.29. The van der Waals surface area contributed by atoms with Gasteiger partial charge in [-0.2, -0.15) is 0 Å². The molecule has 7 nitrogen and oxygen atoms in total. The second-order valence-electron chi connectivity index (χ2n) is 9.38. The molecule has 2 amide bonds. The second-order valence-corrected chi connectivity index (χ2v) is 9.38. The van der Waals surface area contributed by atoms with E-state index in [-0.39, 0.29) is 29.8 Å². The molecule has 1 aliphatic rings. The van der Waals surface area contributed by atoms with Gasteiger partial charge in [-0.1, -0.05) is 42.5 Å². The van der Waals surface area contributed by atoms with Crippen molar-refractivity contribution in [3.63, 3.8) is 0 Å². The number of rotatable bonds is 6. The summed E-state index contributed by atoms with van der Waals surface area (Å²) in [6, 6.07) is 22.6. The molecule has 1 aliphatic heterocycles. The quantitative estimate of drug-likeness (QED) is 0.391. The fourth-order valence-electron chi connectivity index (χ4n) is 4.81. The number of fused-ring (bicyclic) bond motifs is 1. The van der Waals surface area contributed by atoms with Crippen molar-refractivity contribution in [3.8, 4) is 16.9 Å². The SMILES string of the molecule is COc1ccc2c(-c3ccccc3)c(C(=O)NCc3ccc(C(=O)N4CC(C)OC(C)C4)cc3)oc2c1. The highest BCUT2D eigenvalue weighted by molar-refractivity contribution is 6.08. The van der Waals surface area contributed by atoms with E-state index in [1.807, 2.05) is 73.3 Å². The summed E-state index contributed by atoms with van der Waals surface area (Å²) in [7, 11) is 1.59. The van der Waals surface area contributed by atoms with E-state index in [1.54, 1.807) is 25.3 Å². The van der Waals surface area contributed by atoms with Crippen molar-refractivity contribution in [1.82, 2.24) is 10.2 Å². The maximum absolute atomic E-state index is 13.3. The highest BCUT2D eigenvalue weighted by Gasteiger charge is 2.27. The molecule has 1 aromatic heterocycles. The molecule has 190 valence electrons. The van der Waals surface area contributed by atoms with Gasteiger partial charge in [0.2, 0.25) is 5.76 Å². The summed E-state index contributed by atoms with van der Waals surface area (Å²) in [5.41, 5.74) is 3.72. The molecule has 0 spiro atoms. The molecule has 0 radical (unpaired) electrons. The zero-order valence-corrected chi connectivity index (χ0v) is 21.2. The van der Waals surface area contributed by atoms with E-state index in [1.165, 1.54) is 0 Å². The second kappa shape index (κ2) is 10.5. The van der Waals surface area contributed by atoms with Crippen molar-refractivity contribution in [2.45, 2.75) is 32.6 Å². The number of nitrogens with zero attached hydrogens (tertiary/aromatic N) is 1. The van der Waals surface area contributed by atoms with Gasteiger partial charge in [-0.25, -0.2) is 0 Å². The summed E-state index contributed by atoms with van der Waals surface area (Å²) in [6.07, 6.45) is 0.0320. The Morgan fingerprint density at radius 1 is 0.973 bits per heavy atom. The number of ether oxygens (including phenoxy) is 2. The number of carbonyl (C=O) groups excluding carboxylic acids is 2. The Kier molecular flexibility index (Phi) is 6.97. The van der Waals surface area contributed by atoms with Gasteiger partial charge in [0.25, 0.3) is 11.8 Å². The molecule has 1 saturated heterocycles. The Balaban J connectivity index is 1.33. The van der Waals surface area contributed by atoms with Gasteiger partial charge in [0.1, 0.15) is 11.3 Å². The van der Waals surface area contributed by atoms with Crippen LogP contribution in [0.15, 0.2) is 77.2 Å². The molecule has 2 heterocycles. The molecule has 3 aromatic carbocycles. The zero-order chi connectivity index (χ0) is 25.9. The molecular weight excluding hydrogens is 468 g/mol. The van der Waals surface area contributed by atoms with Crippen LogP contribution in [0.2, 0.25) is 0 Å². The van der Waals surface area contributed by atoms with Crippen LogP contribution in [-0.2, 0) is 11.3 Å². The summed E-state index contributed by atoms with van der Waals surface area (Å²) in [5, 5.41) is 3.80. The lowest BCUT2D eigenvalue weighted by atomic mass is 10.0. The van der Waals surface area contributed by atoms with Gasteiger partial charge in [0.05, 0.1) is 19.3 Å². The van der Waals surface area contributed by atoms with Crippen LogP contribution in [0.3, 0.4) is 0 Å². The minimum absolute atomic E-state index is 0.0113. The third-order valence-electron chi connectivity index (χ3n) is 6.53. The molecule has 4 aromatic rings. The number of methoxy groups -OCH3 is 1. The van der Waals surface area contributed by atoms with Crippen LogP contribution < -0.4 is 10.1 Å². The standard InChI is InChI=1S/C30H30N2O5/c1-19-17-32(18-20(2)36-19)30(34)23-11-9-21(10-12-23)16-31-29(33)28-27(22-7-5-4-6-8-22)25-14-13-24(35-3)15-26(25)37-28/h4-15,19-20H,16-18H2,1-3H3,(H,31,33). The molecule has 5 rings (SSSR count). The van der Waals surface area contributed by atoms with Crippen molar-refractivity contribution in [2.24, 2.45) is 0 Å². The van der Waals surface area contributed by atoms with Crippen LogP contribution in [-0.4, -0.2) is 49.1 Å². The number of hydrogen-bond acceptors (Lipinski definition) is 5. The minimum atomic E-state index is -0.314. The monoisotopic (exact) mass is 498 g/mol. The first kappa shape index (κ1) is 24.6. The van der Waals surface area contributed by atoms with Crippen molar-refractivity contribution < 1.29 is 23.5 Å². The maximum Gasteiger partial charge on any atom is 0.287 e. The normalized spacial score (nSPS) is 17.5. The van der Waals surface area contributed by atoms with Crippen molar-refractivity contribution in [1.29, 1.82) is 0 Å².